The fourth-order valence-electron chi connectivity index (χ4n) is 3.30. The summed E-state index contributed by atoms with van der Waals surface area (Å²) in [5.41, 5.74) is 2.27. The van der Waals surface area contributed by atoms with Gasteiger partial charge in [0.2, 0.25) is 0 Å². The minimum Gasteiger partial charge on any atom is -0.394 e. The van der Waals surface area contributed by atoms with Crippen molar-refractivity contribution in [1.29, 1.82) is 0 Å². The molecular formula is C17H27NO. The average molecular weight is 261 g/mol. The van der Waals surface area contributed by atoms with Crippen LogP contribution in [0.1, 0.15) is 45.1 Å². The zero-order valence-electron chi connectivity index (χ0n) is 12.4. The molecule has 1 aromatic carbocycles. The van der Waals surface area contributed by atoms with E-state index in [0.29, 0.717) is 5.92 Å². The Balaban J connectivity index is 2.13. The van der Waals surface area contributed by atoms with Crippen LogP contribution in [0.3, 0.4) is 0 Å². The molecule has 0 amide bonds. The van der Waals surface area contributed by atoms with E-state index in [9.17, 15) is 5.11 Å². The van der Waals surface area contributed by atoms with Crippen LogP contribution in [0.2, 0.25) is 0 Å². The van der Waals surface area contributed by atoms with Gasteiger partial charge in [0.25, 0.3) is 0 Å². The molecule has 19 heavy (non-hydrogen) atoms. The van der Waals surface area contributed by atoms with Crippen LogP contribution in [0.25, 0.3) is 0 Å². The fourth-order valence-corrected chi connectivity index (χ4v) is 3.30. The number of anilines is 1. The summed E-state index contributed by atoms with van der Waals surface area (Å²) in [6.45, 7) is 6.92. The number of hydrogen-bond acceptors (Lipinski definition) is 2. The van der Waals surface area contributed by atoms with Gasteiger partial charge < -0.3 is 10.4 Å². The van der Waals surface area contributed by atoms with E-state index >= 15 is 0 Å². The van der Waals surface area contributed by atoms with Gasteiger partial charge in [0.05, 0.1) is 12.1 Å². The van der Waals surface area contributed by atoms with Gasteiger partial charge >= 0.3 is 0 Å². The molecule has 2 unspecified atom stereocenters. The number of nitrogens with one attached hydrogen (secondary N) is 1. The van der Waals surface area contributed by atoms with Gasteiger partial charge in [-0.3, -0.25) is 0 Å². The van der Waals surface area contributed by atoms with E-state index in [1.807, 2.05) is 0 Å². The Morgan fingerprint density at radius 2 is 2.21 bits per heavy atom. The first-order valence-electron chi connectivity index (χ1n) is 7.50. The van der Waals surface area contributed by atoms with Gasteiger partial charge in [-0.15, -0.1) is 0 Å². The van der Waals surface area contributed by atoms with Crippen molar-refractivity contribution in [2.24, 2.45) is 11.8 Å². The molecule has 2 atom stereocenters. The van der Waals surface area contributed by atoms with Crippen LogP contribution in [-0.4, -0.2) is 17.3 Å². The molecule has 106 valence electrons. The Morgan fingerprint density at radius 1 is 1.42 bits per heavy atom. The molecular weight excluding hydrogens is 234 g/mol. The van der Waals surface area contributed by atoms with Crippen molar-refractivity contribution in [3.8, 4) is 0 Å². The minimum atomic E-state index is -0.124. The molecule has 1 aliphatic rings. The summed E-state index contributed by atoms with van der Waals surface area (Å²) in [7, 11) is 0. The maximum Gasteiger partial charge on any atom is 0.0661 e. The summed E-state index contributed by atoms with van der Waals surface area (Å²) in [5.74, 6) is 1.42. The molecule has 0 bridgehead atoms. The molecule has 2 heteroatoms. The third-order valence-electron chi connectivity index (χ3n) is 4.56. The van der Waals surface area contributed by atoms with Crippen LogP contribution in [0.5, 0.6) is 0 Å². The molecule has 2 rings (SSSR count). The Kier molecular flexibility index (Phi) is 4.51. The molecule has 1 saturated carbocycles. The average Bonchev–Trinajstić information content (AvgIpc) is 2.39. The van der Waals surface area contributed by atoms with E-state index in [1.165, 1.54) is 18.4 Å². The quantitative estimate of drug-likeness (QED) is 0.859. The molecule has 0 aliphatic heterocycles. The smallest absolute Gasteiger partial charge is 0.0661 e. The standard InChI is InChI=1S/C17H27NO/c1-13(2)15-7-5-9-17(11-15,12-19)18-16-8-4-6-14(3)10-16/h4,6,8,10,13,15,18-19H,5,7,9,11-12H2,1-3H3. The van der Waals surface area contributed by atoms with Crippen LogP contribution in [0.15, 0.2) is 24.3 Å². The Labute approximate surface area is 117 Å². The molecule has 1 fully saturated rings. The van der Waals surface area contributed by atoms with E-state index < -0.39 is 0 Å². The van der Waals surface area contributed by atoms with E-state index in [0.717, 1.165) is 24.4 Å². The van der Waals surface area contributed by atoms with Gasteiger partial charge in [0, 0.05) is 5.69 Å². The zero-order valence-corrected chi connectivity index (χ0v) is 12.4. The van der Waals surface area contributed by atoms with Gasteiger partial charge in [-0.1, -0.05) is 38.8 Å². The highest BCUT2D eigenvalue weighted by Gasteiger charge is 2.36. The van der Waals surface area contributed by atoms with E-state index in [2.05, 4.69) is 50.4 Å². The lowest BCUT2D eigenvalue weighted by Crippen LogP contribution is -2.47. The molecule has 0 radical (unpaired) electrons. The molecule has 0 saturated heterocycles. The highest BCUT2D eigenvalue weighted by atomic mass is 16.3. The van der Waals surface area contributed by atoms with Gasteiger partial charge in [0.15, 0.2) is 0 Å². The Hall–Kier alpha value is -1.02. The lowest BCUT2D eigenvalue weighted by Gasteiger charge is -2.42. The highest BCUT2D eigenvalue weighted by Crippen LogP contribution is 2.38. The molecule has 1 aliphatic carbocycles. The summed E-state index contributed by atoms with van der Waals surface area (Å²) >= 11 is 0. The van der Waals surface area contributed by atoms with Crippen molar-refractivity contribution in [2.45, 2.75) is 52.0 Å². The topological polar surface area (TPSA) is 32.3 Å². The third-order valence-corrected chi connectivity index (χ3v) is 4.56. The van der Waals surface area contributed by atoms with E-state index in [1.54, 1.807) is 0 Å². The van der Waals surface area contributed by atoms with Crippen LogP contribution >= 0.6 is 0 Å². The molecule has 1 aromatic rings. The summed E-state index contributed by atoms with van der Waals surface area (Å²) in [4.78, 5) is 0. The van der Waals surface area contributed by atoms with Crippen molar-refractivity contribution in [3.05, 3.63) is 29.8 Å². The number of aryl methyl sites for hydroxylation is 1. The summed E-state index contributed by atoms with van der Waals surface area (Å²) < 4.78 is 0. The second-order valence-electron chi connectivity index (χ2n) is 6.53. The predicted octanol–water partition coefficient (Wildman–Crippen LogP) is 3.98. The molecule has 2 N–H and O–H groups in total. The maximum atomic E-state index is 9.91. The SMILES string of the molecule is Cc1cccc(NC2(CO)CCCC(C(C)C)C2)c1. The first kappa shape index (κ1) is 14.4. The Bertz CT molecular complexity index is 415. The molecule has 0 spiro atoms. The van der Waals surface area contributed by atoms with Crippen molar-refractivity contribution in [1.82, 2.24) is 0 Å². The largest absolute Gasteiger partial charge is 0.394 e. The first-order chi connectivity index (χ1) is 9.04. The number of hydrogen-bond donors (Lipinski definition) is 2. The monoisotopic (exact) mass is 261 g/mol. The number of aliphatic hydroxyl groups excluding tert-OH is 1. The van der Waals surface area contributed by atoms with Gasteiger partial charge in [-0.25, -0.2) is 0 Å². The van der Waals surface area contributed by atoms with Crippen molar-refractivity contribution in [2.75, 3.05) is 11.9 Å². The van der Waals surface area contributed by atoms with Gasteiger partial charge in [0.1, 0.15) is 0 Å². The van der Waals surface area contributed by atoms with Crippen molar-refractivity contribution in [3.63, 3.8) is 0 Å². The molecule has 0 aromatic heterocycles. The highest BCUT2D eigenvalue weighted by molar-refractivity contribution is 5.48. The summed E-state index contributed by atoms with van der Waals surface area (Å²) in [6.07, 6.45) is 4.66. The van der Waals surface area contributed by atoms with Crippen LogP contribution in [0.4, 0.5) is 5.69 Å². The first-order valence-corrected chi connectivity index (χ1v) is 7.50. The number of benzene rings is 1. The van der Waals surface area contributed by atoms with E-state index in [-0.39, 0.29) is 12.1 Å². The number of rotatable bonds is 4. The molecule has 0 heterocycles. The van der Waals surface area contributed by atoms with Crippen molar-refractivity contribution >= 4 is 5.69 Å². The number of aliphatic hydroxyl groups is 1. The van der Waals surface area contributed by atoms with Gasteiger partial charge in [-0.05, 0) is 49.3 Å². The summed E-state index contributed by atoms with van der Waals surface area (Å²) in [5, 5.41) is 13.5. The fraction of sp³-hybridized carbons (Fsp3) is 0.647. The van der Waals surface area contributed by atoms with E-state index in [4.69, 9.17) is 0 Å². The lowest BCUT2D eigenvalue weighted by molar-refractivity contribution is 0.126. The normalized spacial score (nSPS) is 27.5. The lowest BCUT2D eigenvalue weighted by atomic mass is 9.72. The minimum absolute atomic E-state index is 0.124. The van der Waals surface area contributed by atoms with Crippen molar-refractivity contribution < 1.29 is 5.11 Å². The molecule has 2 nitrogen and oxygen atoms in total. The van der Waals surface area contributed by atoms with Gasteiger partial charge in [-0.2, -0.15) is 0 Å². The van der Waals surface area contributed by atoms with Crippen LogP contribution in [-0.2, 0) is 0 Å². The maximum absolute atomic E-state index is 9.91. The Morgan fingerprint density at radius 3 is 2.84 bits per heavy atom. The van der Waals surface area contributed by atoms with Crippen LogP contribution in [0, 0.1) is 18.8 Å². The second kappa shape index (κ2) is 5.96. The summed E-state index contributed by atoms with van der Waals surface area (Å²) in [6, 6.07) is 8.44. The predicted molar refractivity (Wildman–Crippen MR) is 81.4 cm³/mol. The third kappa shape index (κ3) is 3.50. The van der Waals surface area contributed by atoms with Crippen LogP contribution < -0.4 is 5.32 Å². The zero-order chi connectivity index (χ0) is 13.9. The second-order valence-corrected chi connectivity index (χ2v) is 6.53.